The number of hydrogen-bond donors (Lipinski definition) is 1. The third-order valence-electron chi connectivity index (χ3n) is 4.85. The molecule has 0 spiro atoms. The Bertz CT molecular complexity index is 912. The van der Waals surface area contributed by atoms with Crippen LogP contribution in [0.1, 0.15) is 17.2 Å². The Kier molecular flexibility index (Phi) is 4.12. The highest BCUT2D eigenvalue weighted by atomic mass is 15.5. The minimum absolute atomic E-state index is 0.281. The monoisotopic (exact) mass is 326 g/mol. The van der Waals surface area contributed by atoms with E-state index in [-0.39, 0.29) is 6.04 Å². The largest absolute Gasteiger partial charge is 0.326 e. The zero-order chi connectivity index (χ0) is 17.2. The lowest BCUT2D eigenvalue weighted by Gasteiger charge is -2.20. The first-order valence-electron chi connectivity index (χ1n) is 8.64. The first-order chi connectivity index (χ1) is 12.2. The van der Waals surface area contributed by atoms with Crippen LogP contribution < -0.4 is 5.43 Å². The van der Waals surface area contributed by atoms with Crippen LogP contribution in [0.2, 0.25) is 0 Å². The Morgan fingerprint density at radius 3 is 2.32 bits per heavy atom. The minimum Gasteiger partial charge on any atom is -0.326 e. The molecule has 2 nitrogen and oxygen atoms in total. The standard InChI is InChI=1S/C23H22N2/c1-17-15-19(18-7-4-3-5-8-18)11-12-22(17)20-9-6-10-21(16-20)23-13-14-24-25(23)2/h3-16,23-24H,1-2H3. The predicted molar refractivity (Wildman–Crippen MR) is 105 cm³/mol. The average Bonchev–Trinajstić information content (AvgIpc) is 3.08. The van der Waals surface area contributed by atoms with E-state index in [2.05, 4.69) is 103 Å². The van der Waals surface area contributed by atoms with Crippen LogP contribution in [0.4, 0.5) is 0 Å². The maximum absolute atomic E-state index is 3.22. The fourth-order valence-electron chi connectivity index (χ4n) is 3.48. The number of aryl methyl sites for hydroxylation is 1. The van der Waals surface area contributed by atoms with Crippen LogP contribution >= 0.6 is 0 Å². The van der Waals surface area contributed by atoms with Gasteiger partial charge in [-0.1, -0.05) is 66.7 Å². The summed E-state index contributed by atoms with van der Waals surface area (Å²) in [6.07, 6.45) is 4.18. The molecule has 0 aliphatic carbocycles. The normalized spacial score (nSPS) is 16.8. The van der Waals surface area contributed by atoms with Crippen molar-refractivity contribution >= 4 is 0 Å². The number of nitrogens with one attached hydrogen (secondary N) is 1. The van der Waals surface area contributed by atoms with E-state index in [1.165, 1.54) is 33.4 Å². The van der Waals surface area contributed by atoms with Gasteiger partial charge in [-0.15, -0.1) is 0 Å². The molecule has 1 aliphatic heterocycles. The molecule has 1 aliphatic rings. The number of rotatable bonds is 3. The number of hydrogen-bond acceptors (Lipinski definition) is 2. The van der Waals surface area contributed by atoms with Gasteiger partial charge in [-0.3, -0.25) is 0 Å². The number of nitrogens with zero attached hydrogens (tertiary/aromatic N) is 1. The summed E-state index contributed by atoms with van der Waals surface area (Å²) in [7, 11) is 2.07. The molecule has 3 aromatic rings. The molecule has 2 heteroatoms. The predicted octanol–water partition coefficient (Wildman–Crippen LogP) is 5.33. The summed E-state index contributed by atoms with van der Waals surface area (Å²) >= 11 is 0. The molecule has 0 saturated heterocycles. The first-order valence-corrected chi connectivity index (χ1v) is 8.64. The number of benzene rings is 3. The van der Waals surface area contributed by atoms with Gasteiger partial charge in [0.25, 0.3) is 0 Å². The molecule has 1 heterocycles. The SMILES string of the molecule is Cc1cc(-c2ccccc2)ccc1-c1cccc(C2C=CNN2C)c1. The molecule has 1 atom stereocenters. The molecular weight excluding hydrogens is 304 g/mol. The Balaban J connectivity index is 1.69. The Morgan fingerprint density at radius 1 is 0.800 bits per heavy atom. The summed E-state index contributed by atoms with van der Waals surface area (Å²) in [4.78, 5) is 0. The van der Waals surface area contributed by atoms with Crippen LogP contribution in [-0.2, 0) is 0 Å². The summed E-state index contributed by atoms with van der Waals surface area (Å²) in [6, 6.07) is 26.4. The quantitative estimate of drug-likeness (QED) is 0.699. The Labute approximate surface area is 149 Å². The number of likely N-dealkylation sites (N-methyl/N-ethyl adjacent to an activating group) is 1. The second kappa shape index (κ2) is 6.58. The van der Waals surface area contributed by atoms with E-state index in [0.717, 1.165) is 0 Å². The van der Waals surface area contributed by atoms with Gasteiger partial charge in [-0.05, 0) is 52.4 Å². The molecule has 124 valence electrons. The first kappa shape index (κ1) is 15.7. The lowest BCUT2D eigenvalue weighted by Crippen LogP contribution is -2.27. The molecule has 1 unspecified atom stereocenters. The molecule has 1 N–H and O–H groups in total. The van der Waals surface area contributed by atoms with Gasteiger partial charge >= 0.3 is 0 Å². The smallest absolute Gasteiger partial charge is 0.0735 e. The van der Waals surface area contributed by atoms with E-state index < -0.39 is 0 Å². The van der Waals surface area contributed by atoms with Gasteiger partial charge in [0.2, 0.25) is 0 Å². The molecule has 0 amide bonds. The van der Waals surface area contributed by atoms with Crippen LogP contribution in [-0.4, -0.2) is 12.1 Å². The van der Waals surface area contributed by atoms with Crippen molar-refractivity contribution in [1.82, 2.24) is 10.4 Å². The van der Waals surface area contributed by atoms with Crippen molar-refractivity contribution in [2.75, 3.05) is 7.05 Å². The maximum atomic E-state index is 3.22. The molecule has 4 rings (SSSR count). The van der Waals surface area contributed by atoms with Crippen LogP contribution in [0.25, 0.3) is 22.3 Å². The number of hydrazine groups is 1. The molecular formula is C23H22N2. The van der Waals surface area contributed by atoms with Crippen molar-refractivity contribution in [1.29, 1.82) is 0 Å². The lowest BCUT2D eigenvalue weighted by atomic mass is 9.94. The highest BCUT2D eigenvalue weighted by Gasteiger charge is 2.18. The van der Waals surface area contributed by atoms with Crippen molar-refractivity contribution in [3.63, 3.8) is 0 Å². The molecule has 0 radical (unpaired) electrons. The lowest BCUT2D eigenvalue weighted by molar-refractivity contribution is 0.256. The molecule has 3 aromatic carbocycles. The van der Waals surface area contributed by atoms with E-state index in [9.17, 15) is 0 Å². The van der Waals surface area contributed by atoms with Crippen molar-refractivity contribution in [3.8, 4) is 22.3 Å². The van der Waals surface area contributed by atoms with Crippen molar-refractivity contribution in [2.24, 2.45) is 0 Å². The van der Waals surface area contributed by atoms with Gasteiger partial charge in [0.1, 0.15) is 0 Å². The topological polar surface area (TPSA) is 15.3 Å². The van der Waals surface area contributed by atoms with Crippen molar-refractivity contribution in [3.05, 3.63) is 96.2 Å². The zero-order valence-electron chi connectivity index (χ0n) is 14.6. The van der Waals surface area contributed by atoms with Gasteiger partial charge < -0.3 is 5.43 Å². The summed E-state index contributed by atoms with van der Waals surface area (Å²) in [5.74, 6) is 0. The van der Waals surface area contributed by atoms with E-state index in [0.29, 0.717) is 0 Å². The third kappa shape index (κ3) is 3.09. The third-order valence-corrected chi connectivity index (χ3v) is 4.85. The fraction of sp³-hybridized carbons (Fsp3) is 0.130. The Hall–Kier alpha value is -2.84. The van der Waals surface area contributed by atoms with E-state index in [1.807, 2.05) is 6.20 Å². The summed E-state index contributed by atoms with van der Waals surface area (Å²) in [5, 5.41) is 2.12. The van der Waals surface area contributed by atoms with Gasteiger partial charge in [0.05, 0.1) is 6.04 Å². The molecule has 0 saturated carbocycles. The van der Waals surface area contributed by atoms with Crippen LogP contribution in [0, 0.1) is 6.92 Å². The molecule has 0 aromatic heterocycles. The van der Waals surface area contributed by atoms with E-state index in [1.54, 1.807) is 0 Å². The minimum atomic E-state index is 0.281. The van der Waals surface area contributed by atoms with Gasteiger partial charge in [0.15, 0.2) is 0 Å². The molecule has 0 fully saturated rings. The highest BCUT2D eigenvalue weighted by Crippen LogP contribution is 2.31. The highest BCUT2D eigenvalue weighted by molar-refractivity contribution is 5.74. The summed E-state index contributed by atoms with van der Waals surface area (Å²) in [6.45, 7) is 2.19. The van der Waals surface area contributed by atoms with E-state index in [4.69, 9.17) is 0 Å². The summed E-state index contributed by atoms with van der Waals surface area (Å²) in [5.41, 5.74) is 10.9. The van der Waals surface area contributed by atoms with Crippen molar-refractivity contribution < 1.29 is 0 Å². The summed E-state index contributed by atoms with van der Waals surface area (Å²) < 4.78 is 0. The van der Waals surface area contributed by atoms with Gasteiger partial charge in [-0.2, -0.15) is 0 Å². The second-order valence-corrected chi connectivity index (χ2v) is 6.57. The van der Waals surface area contributed by atoms with E-state index >= 15 is 0 Å². The Morgan fingerprint density at radius 2 is 1.60 bits per heavy atom. The van der Waals surface area contributed by atoms with Gasteiger partial charge in [0, 0.05) is 13.2 Å². The van der Waals surface area contributed by atoms with Gasteiger partial charge in [-0.25, -0.2) is 5.01 Å². The second-order valence-electron chi connectivity index (χ2n) is 6.57. The molecule has 25 heavy (non-hydrogen) atoms. The van der Waals surface area contributed by atoms with Crippen LogP contribution in [0.15, 0.2) is 85.1 Å². The molecule has 0 bridgehead atoms. The zero-order valence-corrected chi connectivity index (χ0v) is 14.6. The average molecular weight is 326 g/mol. The van der Waals surface area contributed by atoms with Crippen molar-refractivity contribution in [2.45, 2.75) is 13.0 Å². The van der Waals surface area contributed by atoms with Crippen LogP contribution in [0.5, 0.6) is 0 Å². The maximum Gasteiger partial charge on any atom is 0.0735 e. The van der Waals surface area contributed by atoms with Crippen LogP contribution in [0.3, 0.4) is 0 Å². The fourth-order valence-corrected chi connectivity index (χ4v) is 3.48.